The van der Waals surface area contributed by atoms with Gasteiger partial charge in [-0.1, -0.05) is 18.2 Å². The van der Waals surface area contributed by atoms with E-state index in [4.69, 9.17) is 14.2 Å². The van der Waals surface area contributed by atoms with Crippen LogP contribution in [0.1, 0.15) is 17.2 Å². The minimum absolute atomic E-state index is 0.0340. The smallest absolute Gasteiger partial charge is 0.387 e. The predicted octanol–water partition coefficient (Wildman–Crippen LogP) is 3.47. The van der Waals surface area contributed by atoms with Crippen LogP contribution >= 0.6 is 0 Å². The number of hydrogen-bond acceptors (Lipinski definition) is 6. The molecule has 0 aromatic heterocycles. The van der Waals surface area contributed by atoms with E-state index in [2.05, 4.69) is 27.1 Å². The van der Waals surface area contributed by atoms with E-state index in [1.54, 1.807) is 19.2 Å². The topological polar surface area (TPSA) is 52.2 Å². The van der Waals surface area contributed by atoms with Crippen molar-refractivity contribution in [2.45, 2.75) is 19.2 Å². The van der Waals surface area contributed by atoms with Gasteiger partial charge in [-0.05, 0) is 35.4 Å². The number of morpholine rings is 1. The molecule has 6 nitrogen and oxygen atoms in total. The maximum Gasteiger partial charge on any atom is 0.387 e. The molecule has 1 fully saturated rings. The number of ether oxygens (including phenoxy) is 4. The largest absolute Gasteiger partial charge is 0.497 e. The summed E-state index contributed by atoms with van der Waals surface area (Å²) < 4.78 is 45.7. The quantitative estimate of drug-likeness (QED) is 0.633. The van der Waals surface area contributed by atoms with Gasteiger partial charge in [0.2, 0.25) is 0 Å². The second-order valence-corrected chi connectivity index (χ2v) is 6.93. The minimum atomic E-state index is -2.90. The fourth-order valence-corrected chi connectivity index (χ4v) is 3.55. The lowest BCUT2D eigenvalue weighted by atomic mass is 10.0. The van der Waals surface area contributed by atoms with Crippen LogP contribution in [0.5, 0.6) is 17.2 Å². The molecule has 1 heterocycles. The van der Waals surface area contributed by atoms with Gasteiger partial charge in [0, 0.05) is 32.2 Å². The predicted molar refractivity (Wildman–Crippen MR) is 109 cm³/mol. The van der Waals surface area contributed by atoms with Crippen molar-refractivity contribution in [1.29, 1.82) is 0 Å². The second-order valence-electron chi connectivity index (χ2n) is 6.93. The van der Waals surface area contributed by atoms with Crippen LogP contribution in [0.2, 0.25) is 0 Å². The first-order valence-corrected chi connectivity index (χ1v) is 9.89. The van der Waals surface area contributed by atoms with Crippen LogP contribution in [-0.4, -0.2) is 58.6 Å². The molecular formula is C22H28F2N2O4. The molecule has 0 radical (unpaired) electrons. The van der Waals surface area contributed by atoms with Crippen molar-refractivity contribution < 1.29 is 27.7 Å². The molecule has 8 heteroatoms. The maximum atomic E-state index is 12.7. The summed E-state index contributed by atoms with van der Waals surface area (Å²) in [6, 6.07) is 13.3. The van der Waals surface area contributed by atoms with Crippen molar-refractivity contribution in [2.24, 2.45) is 0 Å². The third kappa shape index (κ3) is 6.04. The summed E-state index contributed by atoms with van der Waals surface area (Å²) >= 11 is 0. The zero-order valence-electron chi connectivity index (χ0n) is 17.3. The normalized spacial score (nSPS) is 15.8. The highest BCUT2D eigenvalue weighted by Gasteiger charge is 2.22. The summed E-state index contributed by atoms with van der Waals surface area (Å²) in [5, 5.41) is 3.45. The molecule has 0 saturated carbocycles. The first-order chi connectivity index (χ1) is 14.6. The standard InChI is InChI=1S/C22H28F2N2O4/c1-27-18-6-4-17(5-7-18)19(26-9-11-29-12-10-26)15-25-14-16-3-8-20(28-2)21(13-16)30-22(23)24/h3-8,13,19,22,25H,9-12,14-15H2,1-2H3/t19-/m0/s1. The van der Waals surface area contributed by atoms with Gasteiger partial charge >= 0.3 is 6.61 Å². The zero-order chi connectivity index (χ0) is 21.3. The van der Waals surface area contributed by atoms with E-state index < -0.39 is 6.61 Å². The summed E-state index contributed by atoms with van der Waals surface area (Å²) in [6.07, 6.45) is 0. The average molecular weight is 422 g/mol. The number of rotatable bonds is 10. The van der Waals surface area contributed by atoms with Crippen LogP contribution in [0, 0.1) is 0 Å². The number of hydrogen-bond donors (Lipinski definition) is 1. The van der Waals surface area contributed by atoms with E-state index in [1.165, 1.54) is 12.7 Å². The van der Waals surface area contributed by atoms with E-state index in [9.17, 15) is 8.78 Å². The highest BCUT2D eigenvalue weighted by atomic mass is 19.3. The van der Waals surface area contributed by atoms with E-state index in [-0.39, 0.29) is 17.5 Å². The summed E-state index contributed by atoms with van der Waals surface area (Å²) in [4.78, 5) is 2.39. The molecule has 1 aliphatic heterocycles. The molecule has 0 aliphatic carbocycles. The van der Waals surface area contributed by atoms with Gasteiger partial charge in [0.25, 0.3) is 0 Å². The molecular weight excluding hydrogens is 394 g/mol. The van der Waals surface area contributed by atoms with Crippen molar-refractivity contribution in [1.82, 2.24) is 10.2 Å². The van der Waals surface area contributed by atoms with Crippen LogP contribution in [0.4, 0.5) is 8.78 Å². The molecule has 30 heavy (non-hydrogen) atoms. The van der Waals surface area contributed by atoms with Crippen LogP contribution in [0.25, 0.3) is 0 Å². The highest BCUT2D eigenvalue weighted by molar-refractivity contribution is 5.43. The van der Waals surface area contributed by atoms with Gasteiger partial charge in [-0.2, -0.15) is 8.78 Å². The molecule has 2 aromatic rings. The Labute approximate surface area is 175 Å². The molecule has 1 aliphatic rings. The van der Waals surface area contributed by atoms with Gasteiger partial charge < -0.3 is 24.3 Å². The molecule has 3 rings (SSSR count). The minimum Gasteiger partial charge on any atom is -0.497 e. The molecule has 1 N–H and O–H groups in total. The molecule has 1 atom stereocenters. The molecule has 164 valence electrons. The molecule has 0 spiro atoms. The van der Waals surface area contributed by atoms with Crippen molar-refractivity contribution in [3.05, 3.63) is 53.6 Å². The number of halogens is 2. The summed E-state index contributed by atoms with van der Waals surface area (Å²) in [6.45, 7) is 1.44. The average Bonchev–Trinajstić information content (AvgIpc) is 2.77. The van der Waals surface area contributed by atoms with Gasteiger partial charge in [0.15, 0.2) is 11.5 Å². The first-order valence-electron chi connectivity index (χ1n) is 9.89. The van der Waals surface area contributed by atoms with Crippen molar-refractivity contribution in [3.8, 4) is 17.2 Å². The van der Waals surface area contributed by atoms with E-state index in [0.717, 1.165) is 24.4 Å². The molecule has 0 amide bonds. The summed E-state index contributed by atoms with van der Waals surface area (Å²) in [5.41, 5.74) is 2.02. The SMILES string of the molecule is COc1ccc([C@H](CNCc2ccc(OC)c(OC(F)F)c2)N2CCOCC2)cc1. The fourth-order valence-electron chi connectivity index (χ4n) is 3.55. The lowest BCUT2D eigenvalue weighted by Gasteiger charge is -2.35. The van der Waals surface area contributed by atoms with Gasteiger partial charge in [0.1, 0.15) is 5.75 Å². The van der Waals surface area contributed by atoms with E-state index in [0.29, 0.717) is 26.3 Å². The number of alkyl halides is 2. The van der Waals surface area contributed by atoms with Crippen LogP contribution in [0.15, 0.2) is 42.5 Å². The van der Waals surface area contributed by atoms with Gasteiger partial charge in [-0.15, -0.1) is 0 Å². The van der Waals surface area contributed by atoms with Crippen LogP contribution in [-0.2, 0) is 11.3 Å². The fraction of sp³-hybridized carbons (Fsp3) is 0.455. The van der Waals surface area contributed by atoms with E-state index >= 15 is 0 Å². The monoisotopic (exact) mass is 422 g/mol. The van der Waals surface area contributed by atoms with Crippen molar-refractivity contribution in [3.63, 3.8) is 0 Å². The third-order valence-corrected chi connectivity index (χ3v) is 5.10. The molecule has 0 bridgehead atoms. The Balaban J connectivity index is 1.67. The number of nitrogens with one attached hydrogen (secondary N) is 1. The summed E-state index contributed by atoms with van der Waals surface area (Å²) in [7, 11) is 3.07. The lowest BCUT2D eigenvalue weighted by molar-refractivity contribution is -0.0512. The Hall–Kier alpha value is -2.42. The third-order valence-electron chi connectivity index (χ3n) is 5.10. The Bertz CT molecular complexity index is 783. The van der Waals surface area contributed by atoms with Gasteiger partial charge in [0.05, 0.1) is 27.4 Å². The lowest BCUT2D eigenvalue weighted by Crippen LogP contribution is -2.42. The molecule has 0 unspecified atom stereocenters. The number of nitrogens with zero attached hydrogens (tertiary/aromatic N) is 1. The second kappa shape index (κ2) is 11.1. The Kier molecular flexibility index (Phi) is 8.24. The summed E-state index contributed by atoms with van der Waals surface area (Å²) in [5.74, 6) is 1.13. The van der Waals surface area contributed by atoms with Crippen molar-refractivity contribution >= 4 is 0 Å². The maximum absolute atomic E-state index is 12.7. The first kappa shape index (κ1) is 22.3. The number of methoxy groups -OCH3 is 2. The van der Waals surface area contributed by atoms with Gasteiger partial charge in [-0.25, -0.2) is 0 Å². The Morgan fingerprint density at radius 3 is 2.37 bits per heavy atom. The zero-order valence-corrected chi connectivity index (χ0v) is 17.3. The molecule has 1 saturated heterocycles. The Morgan fingerprint density at radius 2 is 1.73 bits per heavy atom. The number of benzene rings is 2. The molecule has 2 aromatic carbocycles. The van der Waals surface area contributed by atoms with E-state index in [1.807, 2.05) is 18.2 Å². The van der Waals surface area contributed by atoms with Crippen molar-refractivity contribution in [2.75, 3.05) is 47.1 Å². The van der Waals surface area contributed by atoms with Crippen LogP contribution in [0.3, 0.4) is 0 Å². The van der Waals surface area contributed by atoms with Crippen LogP contribution < -0.4 is 19.5 Å². The van der Waals surface area contributed by atoms with Gasteiger partial charge in [-0.3, -0.25) is 4.90 Å². The Morgan fingerprint density at radius 1 is 1.00 bits per heavy atom. The highest BCUT2D eigenvalue weighted by Crippen LogP contribution is 2.30.